The van der Waals surface area contributed by atoms with Crippen LogP contribution in [0.2, 0.25) is 0 Å². The fourth-order valence-electron chi connectivity index (χ4n) is 1.86. The SMILES string of the molecule is CNC(=O)C(C)(C)Cn1c(-c2cccs2)n[nH]c1=S. The van der Waals surface area contributed by atoms with Crippen molar-refractivity contribution in [2.45, 2.75) is 20.4 Å². The number of rotatable bonds is 4. The van der Waals surface area contributed by atoms with Crippen LogP contribution in [0, 0.1) is 10.2 Å². The number of thiophene rings is 1. The van der Waals surface area contributed by atoms with Gasteiger partial charge >= 0.3 is 0 Å². The smallest absolute Gasteiger partial charge is 0.227 e. The molecule has 2 aromatic rings. The van der Waals surface area contributed by atoms with Crippen LogP contribution in [0.1, 0.15) is 13.8 Å². The van der Waals surface area contributed by atoms with E-state index in [2.05, 4.69) is 15.5 Å². The third-order valence-corrected chi connectivity index (χ3v) is 4.07. The average molecular weight is 296 g/mol. The van der Waals surface area contributed by atoms with E-state index in [1.54, 1.807) is 18.4 Å². The van der Waals surface area contributed by atoms with Gasteiger partial charge in [0.15, 0.2) is 10.6 Å². The molecule has 5 nitrogen and oxygen atoms in total. The molecule has 102 valence electrons. The van der Waals surface area contributed by atoms with Crippen LogP contribution in [0.25, 0.3) is 10.7 Å². The minimum absolute atomic E-state index is 0.0206. The van der Waals surface area contributed by atoms with E-state index >= 15 is 0 Å². The second-order valence-corrected chi connectivity index (χ2v) is 6.21. The van der Waals surface area contributed by atoms with Crippen LogP contribution < -0.4 is 5.32 Å². The summed E-state index contributed by atoms with van der Waals surface area (Å²) >= 11 is 6.85. The van der Waals surface area contributed by atoms with Crippen LogP contribution in [0.15, 0.2) is 17.5 Å². The van der Waals surface area contributed by atoms with Crippen molar-refractivity contribution in [3.05, 3.63) is 22.3 Å². The molecule has 0 atom stereocenters. The van der Waals surface area contributed by atoms with Crippen molar-refractivity contribution in [3.63, 3.8) is 0 Å². The summed E-state index contributed by atoms with van der Waals surface area (Å²) in [6, 6.07) is 3.95. The van der Waals surface area contributed by atoms with Gasteiger partial charge in [0.05, 0.1) is 10.3 Å². The van der Waals surface area contributed by atoms with Gasteiger partial charge in [-0.1, -0.05) is 6.07 Å². The Balaban J connectivity index is 2.39. The maximum absolute atomic E-state index is 11.9. The normalized spacial score (nSPS) is 11.5. The number of aromatic nitrogens is 3. The number of amides is 1. The standard InChI is InChI=1S/C12H16N4OS2/c1-12(2,10(17)13-3)7-16-9(14-15-11(16)18)8-5-4-6-19-8/h4-6H,7H2,1-3H3,(H,13,17)(H,15,18). The van der Waals surface area contributed by atoms with Gasteiger partial charge in [-0.15, -0.1) is 11.3 Å². The van der Waals surface area contributed by atoms with Crippen LogP contribution >= 0.6 is 23.6 Å². The molecule has 2 aromatic heterocycles. The minimum atomic E-state index is -0.553. The lowest BCUT2D eigenvalue weighted by molar-refractivity contribution is -0.129. The summed E-state index contributed by atoms with van der Waals surface area (Å²) in [5, 5.41) is 11.7. The van der Waals surface area contributed by atoms with Gasteiger partial charge in [0.25, 0.3) is 0 Å². The Morgan fingerprint density at radius 1 is 1.63 bits per heavy atom. The largest absolute Gasteiger partial charge is 0.359 e. The number of nitrogens with one attached hydrogen (secondary N) is 2. The average Bonchev–Trinajstić information content (AvgIpc) is 2.99. The number of nitrogens with zero attached hydrogens (tertiary/aromatic N) is 2. The topological polar surface area (TPSA) is 62.7 Å². The Morgan fingerprint density at radius 3 is 2.95 bits per heavy atom. The Kier molecular flexibility index (Phi) is 3.86. The molecule has 0 aromatic carbocycles. The van der Waals surface area contributed by atoms with E-state index < -0.39 is 5.41 Å². The van der Waals surface area contributed by atoms with Crippen molar-refractivity contribution in [1.82, 2.24) is 20.1 Å². The molecule has 0 spiro atoms. The molecule has 1 amide bonds. The van der Waals surface area contributed by atoms with Crippen LogP contribution in [0.5, 0.6) is 0 Å². The zero-order valence-corrected chi connectivity index (χ0v) is 12.7. The molecule has 0 unspecified atom stereocenters. The Labute approximate surface area is 120 Å². The summed E-state index contributed by atoms with van der Waals surface area (Å²) in [6.45, 7) is 4.26. The highest BCUT2D eigenvalue weighted by Gasteiger charge is 2.28. The van der Waals surface area contributed by atoms with Crippen LogP contribution in [-0.2, 0) is 11.3 Å². The van der Waals surface area contributed by atoms with Crippen molar-refractivity contribution < 1.29 is 4.79 Å². The highest BCUT2D eigenvalue weighted by molar-refractivity contribution is 7.71. The molecule has 0 aliphatic rings. The summed E-state index contributed by atoms with van der Waals surface area (Å²) in [6.07, 6.45) is 0. The van der Waals surface area contributed by atoms with Crippen LogP contribution in [-0.4, -0.2) is 27.7 Å². The molecular weight excluding hydrogens is 280 g/mol. The van der Waals surface area contributed by atoms with E-state index in [1.807, 2.05) is 35.9 Å². The molecule has 0 aliphatic carbocycles. The van der Waals surface area contributed by atoms with E-state index in [9.17, 15) is 4.79 Å². The lowest BCUT2D eigenvalue weighted by Gasteiger charge is -2.23. The van der Waals surface area contributed by atoms with E-state index in [0.717, 1.165) is 10.7 Å². The molecule has 19 heavy (non-hydrogen) atoms. The molecular formula is C12H16N4OS2. The highest BCUT2D eigenvalue weighted by atomic mass is 32.1. The maximum Gasteiger partial charge on any atom is 0.227 e. The van der Waals surface area contributed by atoms with E-state index in [1.165, 1.54) is 0 Å². The summed E-state index contributed by atoms with van der Waals surface area (Å²) in [4.78, 5) is 12.9. The van der Waals surface area contributed by atoms with Gasteiger partial charge in [0, 0.05) is 13.6 Å². The predicted molar refractivity (Wildman–Crippen MR) is 78.6 cm³/mol. The molecule has 0 saturated heterocycles. The first-order valence-electron chi connectivity index (χ1n) is 5.87. The first-order valence-corrected chi connectivity index (χ1v) is 7.16. The second kappa shape index (κ2) is 5.26. The molecule has 0 radical (unpaired) electrons. The second-order valence-electron chi connectivity index (χ2n) is 4.88. The van der Waals surface area contributed by atoms with Crippen LogP contribution in [0.4, 0.5) is 0 Å². The molecule has 0 bridgehead atoms. The summed E-state index contributed by atoms with van der Waals surface area (Å²) in [5.41, 5.74) is -0.553. The predicted octanol–water partition coefficient (Wildman–Crippen LogP) is 2.44. The molecule has 0 fully saturated rings. The molecule has 7 heteroatoms. The molecule has 2 N–H and O–H groups in total. The van der Waals surface area contributed by atoms with Gasteiger partial charge in [-0.25, -0.2) is 0 Å². The number of hydrogen-bond acceptors (Lipinski definition) is 4. The van der Waals surface area contributed by atoms with Crippen molar-refractivity contribution in [3.8, 4) is 10.7 Å². The minimum Gasteiger partial charge on any atom is -0.359 e. The quantitative estimate of drug-likeness (QED) is 0.852. The number of aromatic amines is 1. The van der Waals surface area contributed by atoms with Gasteiger partial charge in [-0.2, -0.15) is 5.10 Å². The molecule has 2 rings (SSSR count). The number of H-pyrrole nitrogens is 1. The van der Waals surface area contributed by atoms with Gasteiger partial charge in [-0.05, 0) is 37.5 Å². The first kappa shape index (κ1) is 14.0. The van der Waals surface area contributed by atoms with Gasteiger partial charge in [0.1, 0.15) is 0 Å². The van der Waals surface area contributed by atoms with Gasteiger partial charge < -0.3 is 5.32 Å². The lowest BCUT2D eigenvalue weighted by Crippen LogP contribution is -2.37. The fraction of sp³-hybridized carbons (Fsp3) is 0.417. The van der Waals surface area contributed by atoms with Crippen molar-refractivity contribution in [2.24, 2.45) is 5.41 Å². The first-order chi connectivity index (χ1) is 8.95. The highest BCUT2D eigenvalue weighted by Crippen LogP contribution is 2.26. The van der Waals surface area contributed by atoms with Gasteiger partial charge in [0.2, 0.25) is 5.91 Å². The van der Waals surface area contributed by atoms with Gasteiger partial charge in [-0.3, -0.25) is 14.5 Å². The Hall–Kier alpha value is -1.47. The van der Waals surface area contributed by atoms with E-state index in [-0.39, 0.29) is 5.91 Å². The summed E-state index contributed by atoms with van der Waals surface area (Å²) in [5.74, 6) is 0.754. The van der Waals surface area contributed by atoms with Crippen molar-refractivity contribution in [1.29, 1.82) is 0 Å². The van der Waals surface area contributed by atoms with E-state index in [4.69, 9.17) is 12.2 Å². The Morgan fingerprint density at radius 2 is 2.37 bits per heavy atom. The molecule has 0 aliphatic heterocycles. The zero-order valence-electron chi connectivity index (χ0n) is 11.1. The third kappa shape index (κ3) is 2.76. The van der Waals surface area contributed by atoms with Crippen molar-refractivity contribution in [2.75, 3.05) is 7.05 Å². The third-order valence-electron chi connectivity index (χ3n) is 2.89. The van der Waals surface area contributed by atoms with Crippen LogP contribution in [0.3, 0.4) is 0 Å². The summed E-state index contributed by atoms with van der Waals surface area (Å²) in [7, 11) is 1.64. The Bertz CT molecular complexity index is 624. The van der Waals surface area contributed by atoms with E-state index in [0.29, 0.717) is 11.3 Å². The monoisotopic (exact) mass is 296 g/mol. The summed E-state index contributed by atoms with van der Waals surface area (Å²) < 4.78 is 2.40. The van der Waals surface area contributed by atoms with Crippen molar-refractivity contribution >= 4 is 29.5 Å². The number of carbonyl (C=O) groups is 1. The number of carbonyl (C=O) groups excluding carboxylic acids is 1. The zero-order chi connectivity index (χ0) is 14.0. The molecule has 2 heterocycles. The fourth-order valence-corrected chi connectivity index (χ4v) is 2.78. The lowest BCUT2D eigenvalue weighted by atomic mass is 9.92. The molecule has 0 saturated carbocycles. The maximum atomic E-state index is 11.9. The number of hydrogen-bond donors (Lipinski definition) is 2.